The summed E-state index contributed by atoms with van der Waals surface area (Å²) in [6, 6.07) is 7.59. The fourth-order valence-corrected chi connectivity index (χ4v) is 4.50. The Kier molecular flexibility index (Phi) is 8.33. The molecule has 0 spiro atoms. The van der Waals surface area contributed by atoms with Gasteiger partial charge in [0.1, 0.15) is 5.78 Å². The zero-order chi connectivity index (χ0) is 16.8. The van der Waals surface area contributed by atoms with Gasteiger partial charge >= 0.3 is 7.60 Å². The van der Waals surface area contributed by atoms with Gasteiger partial charge in [0.05, 0.1) is 13.2 Å². The van der Waals surface area contributed by atoms with Crippen molar-refractivity contribution >= 4 is 40.2 Å². The van der Waals surface area contributed by atoms with E-state index < -0.39 is 13.4 Å². The minimum Gasteiger partial charge on any atom is -0.308 e. The Balaban J connectivity index is 3.16. The molecule has 0 aromatic heterocycles. The van der Waals surface area contributed by atoms with Crippen LogP contribution in [0, 0.1) is 0 Å². The van der Waals surface area contributed by atoms with Gasteiger partial charge in [-0.05, 0) is 51.7 Å². The van der Waals surface area contributed by atoms with Crippen molar-refractivity contribution in [2.45, 2.75) is 19.6 Å². The van der Waals surface area contributed by atoms with Crippen LogP contribution < -0.4 is 0 Å². The Labute approximate surface area is 146 Å². The molecule has 0 aliphatic carbocycles. The van der Waals surface area contributed by atoms with Crippen molar-refractivity contribution < 1.29 is 13.6 Å². The third-order valence-corrected chi connectivity index (χ3v) is 6.25. The first-order valence-corrected chi connectivity index (χ1v) is 9.80. The highest BCUT2D eigenvalue weighted by Crippen LogP contribution is 2.54. The van der Waals surface area contributed by atoms with E-state index in [-0.39, 0.29) is 0 Å². The van der Waals surface area contributed by atoms with Crippen molar-refractivity contribution in [2.24, 2.45) is 0 Å². The lowest BCUT2D eigenvalue weighted by atomic mass is 10.2. The van der Waals surface area contributed by atoms with Crippen LogP contribution in [0.2, 0.25) is 0 Å². The van der Waals surface area contributed by atoms with E-state index in [4.69, 9.17) is 20.6 Å². The van der Waals surface area contributed by atoms with Gasteiger partial charge in [0.2, 0.25) is 0 Å². The quantitative estimate of drug-likeness (QED) is 0.553. The largest absolute Gasteiger partial charge is 0.351 e. The molecule has 1 rings (SSSR count). The van der Waals surface area contributed by atoms with Crippen LogP contribution in [-0.2, 0) is 13.6 Å². The molecule has 7 heteroatoms. The second-order valence-corrected chi connectivity index (χ2v) is 8.22. The van der Waals surface area contributed by atoms with E-state index in [1.807, 2.05) is 38.4 Å². The van der Waals surface area contributed by atoms with Crippen molar-refractivity contribution in [1.82, 2.24) is 4.90 Å². The lowest BCUT2D eigenvalue weighted by Crippen LogP contribution is -2.28. The van der Waals surface area contributed by atoms with Gasteiger partial charge in [-0.2, -0.15) is 0 Å². The summed E-state index contributed by atoms with van der Waals surface area (Å²) >= 11 is 9.78. The molecule has 0 radical (unpaired) electrons. The van der Waals surface area contributed by atoms with Crippen LogP contribution in [0.25, 0.3) is 5.03 Å². The Hall–Kier alpha value is -0.160. The Morgan fingerprint density at radius 2 is 1.77 bits per heavy atom. The molecule has 0 aliphatic heterocycles. The predicted octanol–water partition coefficient (Wildman–Crippen LogP) is 5.18. The van der Waals surface area contributed by atoms with Crippen LogP contribution in [0.5, 0.6) is 0 Å². The highest BCUT2D eigenvalue weighted by atomic mass is 79.9. The molecule has 124 valence electrons. The standard InChI is InChI=1S/C15H22BrClNO3P/c1-5-20-22(19,21-6-2)15(18(3)4)11-14(17)12-7-9-13(16)10-8-12/h7-11,15H,5-6H2,1-4H3/b14-11-/t15-/m1/s1. The normalized spacial score (nSPS) is 14.4. The molecule has 4 nitrogen and oxygen atoms in total. The molecule has 0 unspecified atom stereocenters. The predicted molar refractivity (Wildman–Crippen MR) is 96.3 cm³/mol. The van der Waals surface area contributed by atoms with E-state index in [0.29, 0.717) is 18.2 Å². The Morgan fingerprint density at radius 3 is 2.18 bits per heavy atom. The lowest BCUT2D eigenvalue weighted by molar-refractivity contribution is 0.196. The maximum absolute atomic E-state index is 13.0. The van der Waals surface area contributed by atoms with Crippen LogP contribution in [0.1, 0.15) is 19.4 Å². The summed E-state index contributed by atoms with van der Waals surface area (Å²) in [5, 5.41) is 0.505. The molecule has 0 saturated heterocycles. The SMILES string of the molecule is CCOP(=O)(OCC)[C@H](/C=C(\Cl)c1ccc(Br)cc1)N(C)C. The second kappa shape index (κ2) is 9.21. The fourth-order valence-electron chi connectivity index (χ4n) is 1.91. The molecule has 1 aromatic carbocycles. The molecule has 1 atom stereocenters. The van der Waals surface area contributed by atoms with Gasteiger partial charge in [-0.15, -0.1) is 0 Å². The topological polar surface area (TPSA) is 38.8 Å². The first kappa shape index (κ1) is 19.9. The third-order valence-electron chi connectivity index (χ3n) is 2.89. The number of benzene rings is 1. The molecule has 0 heterocycles. The zero-order valence-corrected chi connectivity index (χ0v) is 16.5. The summed E-state index contributed by atoms with van der Waals surface area (Å²) in [4.78, 5) is 1.79. The van der Waals surface area contributed by atoms with Crippen molar-refractivity contribution in [2.75, 3.05) is 27.3 Å². The maximum Gasteiger partial charge on any atom is 0.351 e. The van der Waals surface area contributed by atoms with Crippen LogP contribution in [0.15, 0.2) is 34.8 Å². The minimum atomic E-state index is -3.31. The first-order chi connectivity index (χ1) is 10.3. The molecule has 0 N–H and O–H groups in total. The van der Waals surface area contributed by atoms with E-state index in [1.54, 1.807) is 24.8 Å². The second-order valence-electron chi connectivity index (χ2n) is 4.77. The number of likely N-dealkylation sites (N-methyl/N-ethyl adjacent to an activating group) is 1. The summed E-state index contributed by atoms with van der Waals surface area (Å²) in [5.41, 5.74) is 0.844. The fraction of sp³-hybridized carbons (Fsp3) is 0.467. The van der Waals surface area contributed by atoms with Gasteiger partial charge in [-0.1, -0.05) is 39.7 Å². The van der Waals surface area contributed by atoms with Crippen molar-refractivity contribution in [3.63, 3.8) is 0 Å². The van der Waals surface area contributed by atoms with E-state index >= 15 is 0 Å². The lowest BCUT2D eigenvalue weighted by Gasteiger charge is -2.29. The Morgan fingerprint density at radius 1 is 1.27 bits per heavy atom. The van der Waals surface area contributed by atoms with Gasteiger partial charge in [-0.3, -0.25) is 9.46 Å². The van der Waals surface area contributed by atoms with Crippen LogP contribution in [0.3, 0.4) is 0 Å². The van der Waals surface area contributed by atoms with Crippen LogP contribution in [0.4, 0.5) is 0 Å². The molecule has 0 saturated carbocycles. The summed E-state index contributed by atoms with van der Waals surface area (Å²) in [6.07, 6.45) is 1.72. The van der Waals surface area contributed by atoms with E-state index in [1.165, 1.54) is 0 Å². The number of hydrogen-bond acceptors (Lipinski definition) is 4. The number of rotatable bonds is 8. The summed E-state index contributed by atoms with van der Waals surface area (Å²) < 4.78 is 24.8. The average molecular weight is 411 g/mol. The highest BCUT2D eigenvalue weighted by molar-refractivity contribution is 9.10. The first-order valence-electron chi connectivity index (χ1n) is 7.02. The number of nitrogens with zero attached hydrogens (tertiary/aromatic N) is 1. The number of hydrogen-bond donors (Lipinski definition) is 0. The maximum atomic E-state index is 13.0. The minimum absolute atomic E-state index is 0.311. The van der Waals surface area contributed by atoms with Gasteiger partial charge < -0.3 is 9.05 Å². The molecule has 22 heavy (non-hydrogen) atoms. The monoisotopic (exact) mass is 409 g/mol. The van der Waals surface area contributed by atoms with Crippen molar-refractivity contribution in [3.8, 4) is 0 Å². The van der Waals surface area contributed by atoms with Crippen LogP contribution in [-0.4, -0.2) is 38.0 Å². The van der Waals surface area contributed by atoms with E-state index in [0.717, 1.165) is 10.0 Å². The van der Waals surface area contributed by atoms with Gasteiger partial charge in [0.25, 0.3) is 0 Å². The molecule has 0 bridgehead atoms. The van der Waals surface area contributed by atoms with Crippen LogP contribution >= 0.6 is 35.1 Å². The summed E-state index contributed by atoms with van der Waals surface area (Å²) in [5.74, 6) is -0.552. The van der Waals surface area contributed by atoms with Gasteiger partial charge in [-0.25, -0.2) is 0 Å². The summed E-state index contributed by atoms with van der Waals surface area (Å²) in [6.45, 7) is 4.20. The average Bonchev–Trinajstić information content (AvgIpc) is 2.45. The molecule has 1 aromatic rings. The van der Waals surface area contributed by atoms with Gasteiger partial charge in [0.15, 0.2) is 0 Å². The van der Waals surface area contributed by atoms with Gasteiger partial charge in [0, 0.05) is 9.51 Å². The smallest absolute Gasteiger partial charge is 0.308 e. The third kappa shape index (κ3) is 5.48. The molecular weight excluding hydrogens is 389 g/mol. The van der Waals surface area contributed by atoms with Crippen molar-refractivity contribution in [3.05, 3.63) is 40.4 Å². The molecule has 0 aliphatic rings. The zero-order valence-electron chi connectivity index (χ0n) is 13.3. The highest BCUT2D eigenvalue weighted by Gasteiger charge is 2.36. The summed E-state index contributed by atoms with van der Waals surface area (Å²) in [7, 11) is 0.320. The number of halogens is 2. The van der Waals surface area contributed by atoms with E-state index in [9.17, 15) is 4.57 Å². The molecule has 0 amide bonds. The van der Waals surface area contributed by atoms with Crippen molar-refractivity contribution in [1.29, 1.82) is 0 Å². The van der Waals surface area contributed by atoms with E-state index in [2.05, 4.69) is 15.9 Å². The molecule has 0 fully saturated rings. The molecular formula is C15H22BrClNO3P. The Bertz CT molecular complexity index is 538.